The van der Waals surface area contributed by atoms with Crippen LogP contribution in [0.3, 0.4) is 0 Å². The number of amides is 1. The number of halogens is 1. The molecule has 3 rings (SSSR count). The van der Waals surface area contributed by atoms with Crippen LogP contribution in [0.25, 0.3) is 0 Å². The van der Waals surface area contributed by atoms with Gasteiger partial charge < -0.3 is 15.0 Å². The first kappa shape index (κ1) is 18.6. The molecule has 2 aromatic carbocycles. The highest BCUT2D eigenvalue weighted by Gasteiger charge is 2.37. The van der Waals surface area contributed by atoms with Crippen LogP contribution in [0, 0.1) is 6.92 Å². The van der Waals surface area contributed by atoms with E-state index in [0.29, 0.717) is 13.0 Å². The van der Waals surface area contributed by atoms with Crippen molar-refractivity contribution < 1.29 is 19.2 Å². The first-order valence-corrected chi connectivity index (χ1v) is 9.32. The Bertz CT molecular complexity index is 838. The molecule has 5 nitrogen and oxygen atoms in total. The molecule has 2 N–H and O–H groups in total. The lowest BCUT2D eigenvalue weighted by Crippen LogP contribution is -3.17. The van der Waals surface area contributed by atoms with E-state index in [1.165, 1.54) is 12.7 Å². The van der Waals surface area contributed by atoms with Crippen LogP contribution < -0.4 is 10.2 Å². The second-order valence-corrected chi connectivity index (χ2v) is 7.43. The number of methoxy groups -OCH3 is 1. The number of hydrogen-bond acceptors (Lipinski definition) is 3. The molecular formula is C20H22BrN2O3+. The first-order valence-electron chi connectivity index (χ1n) is 8.53. The Kier molecular flexibility index (Phi) is 5.74. The molecular weight excluding hydrogens is 396 g/mol. The van der Waals surface area contributed by atoms with Crippen LogP contribution in [0.1, 0.15) is 16.7 Å². The summed E-state index contributed by atoms with van der Waals surface area (Å²) in [5, 5.41) is 2.92. The number of aryl methyl sites for hydroxylation is 1. The molecule has 136 valence electrons. The van der Waals surface area contributed by atoms with Crippen LogP contribution in [0.4, 0.5) is 5.69 Å². The van der Waals surface area contributed by atoms with E-state index in [4.69, 9.17) is 4.74 Å². The number of carbonyl (C=O) groups is 2. The third-order valence-electron chi connectivity index (χ3n) is 4.78. The molecule has 1 aliphatic heterocycles. The van der Waals surface area contributed by atoms with E-state index >= 15 is 0 Å². The van der Waals surface area contributed by atoms with Crippen molar-refractivity contribution >= 4 is 33.5 Å². The number of ether oxygens (including phenoxy) is 1. The number of quaternary nitrogens is 1. The van der Waals surface area contributed by atoms with E-state index in [1.54, 1.807) is 0 Å². The van der Waals surface area contributed by atoms with Gasteiger partial charge in [0.25, 0.3) is 5.91 Å². The molecule has 0 fully saturated rings. The highest BCUT2D eigenvalue weighted by Crippen LogP contribution is 2.20. The molecule has 2 atom stereocenters. The molecule has 0 saturated carbocycles. The molecule has 0 spiro atoms. The zero-order chi connectivity index (χ0) is 18.7. The van der Waals surface area contributed by atoms with Crippen LogP contribution >= 0.6 is 15.9 Å². The molecule has 1 heterocycles. The number of fused-ring (bicyclic) bond motifs is 1. The molecule has 0 aliphatic carbocycles. The third-order valence-corrected chi connectivity index (χ3v) is 5.64. The second kappa shape index (κ2) is 8.01. The van der Waals surface area contributed by atoms with E-state index in [-0.39, 0.29) is 24.5 Å². The van der Waals surface area contributed by atoms with Crippen molar-refractivity contribution in [2.45, 2.75) is 25.9 Å². The fourth-order valence-electron chi connectivity index (χ4n) is 3.32. The lowest BCUT2D eigenvalue weighted by atomic mass is 9.94. The number of anilines is 1. The predicted molar refractivity (Wildman–Crippen MR) is 103 cm³/mol. The van der Waals surface area contributed by atoms with Crippen LogP contribution in [0.5, 0.6) is 0 Å². The smallest absolute Gasteiger partial charge is 0.365 e. The van der Waals surface area contributed by atoms with Crippen molar-refractivity contribution in [3.63, 3.8) is 0 Å². The molecule has 1 aliphatic rings. The Morgan fingerprint density at radius 1 is 1.23 bits per heavy atom. The SMILES string of the molecule is COC(=O)[C@H]1Cc2ccccc2C[NH+]1CC(=O)Nc1ccc(C)c(Br)c1. The van der Waals surface area contributed by atoms with Crippen molar-refractivity contribution in [2.75, 3.05) is 19.0 Å². The van der Waals surface area contributed by atoms with Crippen LogP contribution in [0.2, 0.25) is 0 Å². The van der Waals surface area contributed by atoms with Crippen molar-refractivity contribution in [3.8, 4) is 0 Å². The number of benzene rings is 2. The zero-order valence-corrected chi connectivity index (χ0v) is 16.4. The molecule has 6 heteroatoms. The summed E-state index contributed by atoms with van der Waals surface area (Å²) >= 11 is 3.47. The first-order chi connectivity index (χ1) is 12.5. The van der Waals surface area contributed by atoms with Gasteiger partial charge in [0.2, 0.25) is 0 Å². The highest BCUT2D eigenvalue weighted by molar-refractivity contribution is 9.10. The minimum atomic E-state index is -0.370. The Labute approximate surface area is 161 Å². The Morgan fingerprint density at radius 3 is 2.65 bits per heavy atom. The lowest BCUT2D eigenvalue weighted by molar-refractivity contribution is -0.924. The van der Waals surface area contributed by atoms with Gasteiger partial charge in [-0.2, -0.15) is 0 Å². The normalized spacial score (nSPS) is 18.7. The maximum absolute atomic E-state index is 12.5. The minimum absolute atomic E-state index is 0.121. The van der Waals surface area contributed by atoms with Gasteiger partial charge in [-0.3, -0.25) is 4.79 Å². The number of hydrogen-bond donors (Lipinski definition) is 2. The van der Waals surface area contributed by atoms with E-state index in [9.17, 15) is 9.59 Å². The monoisotopic (exact) mass is 417 g/mol. The average Bonchev–Trinajstić information content (AvgIpc) is 2.63. The van der Waals surface area contributed by atoms with Crippen molar-refractivity contribution in [1.82, 2.24) is 0 Å². The van der Waals surface area contributed by atoms with Crippen LogP contribution in [-0.2, 0) is 27.3 Å². The maximum Gasteiger partial charge on any atom is 0.365 e. The Balaban J connectivity index is 1.74. The van der Waals surface area contributed by atoms with Gasteiger partial charge in [0.05, 0.1) is 7.11 Å². The van der Waals surface area contributed by atoms with E-state index in [2.05, 4.69) is 27.3 Å². The minimum Gasteiger partial charge on any atom is -0.465 e. The number of nitrogens with one attached hydrogen (secondary N) is 2. The third kappa shape index (κ3) is 4.14. The molecule has 0 saturated heterocycles. The summed E-state index contributed by atoms with van der Waals surface area (Å²) in [6.07, 6.45) is 0.585. The topological polar surface area (TPSA) is 59.8 Å². The fraction of sp³-hybridized carbons (Fsp3) is 0.300. The van der Waals surface area contributed by atoms with E-state index < -0.39 is 0 Å². The molecule has 0 aromatic heterocycles. The van der Waals surface area contributed by atoms with Crippen molar-refractivity contribution in [2.24, 2.45) is 0 Å². The lowest BCUT2D eigenvalue weighted by Gasteiger charge is -2.31. The van der Waals surface area contributed by atoms with Gasteiger partial charge in [0, 0.05) is 22.1 Å². The van der Waals surface area contributed by atoms with Crippen molar-refractivity contribution in [1.29, 1.82) is 0 Å². The van der Waals surface area contributed by atoms with Gasteiger partial charge in [0.15, 0.2) is 12.6 Å². The number of rotatable bonds is 4. The van der Waals surface area contributed by atoms with Gasteiger partial charge >= 0.3 is 5.97 Å². The summed E-state index contributed by atoms with van der Waals surface area (Å²) in [4.78, 5) is 25.7. The Morgan fingerprint density at radius 2 is 1.96 bits per heavy atom. The summed E-state index contributed by atoms with van der Waals surface area (Å²) in [6, 6.07) is 13.4. The summed E-state index contributed by atoms with van der Waals surface area (Å²) in [5.41, 5.74) is 4.16. The van der Waals surface area contributed by atoms with Crippen molar-refractivity contribution in [3.05, 3.63) is 63.6 Å². The van der Waals surface area contributed by atoms with Gasteiger partial charge in [-0.25, -0.2) is 4.79 Å². The Hall–Kier alpha value is -2.18. The van der Waals surface area contributed by atoms with E-state index in [0.717, 1.165) is 26.2 Å². The van der Waals surface area contributed by atoms with Crippen LogP contribution in [0.15, 0.2) is 46.9 Å². The molecule has 1 amide bonds. The fourth-order valence-corrected chi connectivity index (χ4v) is 3.70. The van der Waals surface area contributed by atoms with Gasteiger partial charge in [0.1, 0.15) is 6.54 Å². The zero-order valence-electron chi connectivity index (χ0n) is 14.8. The van der Waals surface area contributed by atoms with Gasteiger partial charge in [-0.05, 0) is 30.2 Å². The quantitative estimate of drug-likeness (QED) is 0.746. The highest BCUT2D eigenvalue weighted by atomic mass is 79.9. The standard InChI is InChI=1S/C20H21BrN2O3/c1-13-7-8-16(10-17(13)21)22-19(24)12-23-11-15-6-4-3-5-14(15)9-18(23)20(25)26-2/h3-8,10,18H,9,11-12H2,1-2H3,(H,22,24)/p+1/t18-/m1/s1. The number of esters is 1. The number of carbonyl (C=O) groups excluding carboxylic acids is 2. The van der Waals surface area contributed by atoms with Gasteiger partial charge in [-0.1, -0.05) is 46.3 Å². The molecule has 1 unspecified atom stereocenters. The summed E-state index contributed by atoms with van der Waals surface area (Å²) in [7, 11) is 1.39. The summed E-state index contributed by atoms with van der Waals surface area (Å²) < 4.78 is 5.91. The predicted octanol–water partition coefficient (Wildman–Crippen LogP) is 1.88. The molecule has 0 radical (unpaired) electrons. The van der Waals surface area contributed by atoms with Gasteiger partial charge in [-0.15, -0.1) is 0 Å². The average molecular weight is 418 g/mol. The summed E-state index contributed by atoms with van der Waals surface area (Å²) in [6.45, 7) is 2.83. The summed E-state index contributed by atoms with van der Waals surface area (Å²) in [5.74, 6) is -0.399. The maximum atomic E-state index is 12.5. The largest absolute Gasteiger partial charge is 0.465 e. The molecule has 26 heavy (non-hydrogen) atoms. The van der Waals surface area contributed by atoms with Crippen LogP contribution in [-0.4, -0.2) is 31.6 Å². The molecule has 0 bridgehead atoms. The molecule has 2 aromatic rings. The van der Waals surface area contributed by atoms with E-state index in [1.807, 2.05) is 43.3 Å². The second-order valence-electron chi connectivity index (χ2n) is 6.57.